The van der Waals surface area contributed by atoms with E-state index in [-0.39, 0.29) is 0 Å². The third-order valence-corrected chi connectivity index (χ3v) is 3.86. The number of rotatable bonds is 5. The van der Waals surface area contributed by atoms with Crippen LogP contribution in [0.1, 0.15) is 16.7 Å². The Morgan fingerprint density at radius 3 is 2.29 bits per heavy atom. The fourth-order valence-electron chi connectivity index (χ4n) is 2.70. The first-order valence-electron chi connectivity index (χ1n) is 7.90. The standard InChI is InChI=1S/C20H20N4/c1-23(2)14-17-3-5-18(6-4-17)15-24-12-11-22-20(24)19-9-7-16(13-21)8-10-19/h3-12H,14-15H2,1-2H3. The third-order valence-electron chi connectivity index (χ3n) is 3.86. The maximum absolute atomic E-state index is 8.91. The van der Waals surface area contributed by atoms with Gasteiger partial charge in [0.05, 0.1) is 11.6 Å². The molecule has 1 aromatic heterocycles. The van der Waals surface area contributed by atoms with Crippen molar-refractivity contribution < 1.29 is 0 Å². The Morgan fingerprint density at radius 2 is 1.67 bits per heavy atom. The first-order valence-corrected chi connectivity index (χ1v) is 7.90. The van der Waals surface area contributed by atoms with E-state index in [1.54, 1.807) is 0 Å². The molecular weight excluding hydrogens is 296 g/mol. The summed E-state index contributed by atoms with van der Waals surface area (Å²) in [4.78, 5) is 6.63. The minimum absolute atomic E-state index is 0.660. The lowest BCUT2D eigenvalue weighted by atomic mass is 10.1. The smallest absolute Gasteiger partial charge is 0.140 e. The molecule has 0 amide bonds. The minimum Gasteiger partial charge on any atom is -0.327 e. The summed E-state index contributed by atoms with van der Waals surface area (Å²) in [5.41, 5.74) is 4.23. The highest BCUT2D eigenvalue weighted by Crippen LogP contribution is 2.19. The molecule has 2 aromatic carbocycles. The van der Waals surface area contributed by atoms with E-state index >= 15 is 0 Å². The number of benzene rings is 2. The van der Waals surface area contributed by atoms with Crippen molar-refractivity contribution in [3.8, 4) is 17.5 Å². The van der Waals surface area contributed by atoms with E-state index in [9.17, 15) is 0 Å². The van der Waals surface area contributed by atoms with E-state index < -0.39 is 0 Å². The zero-order chi connectivity index (χ0) is 16.9. The number of aromatic nitrogens is 2. The summed E-state index contributed by atoms with van der Waals surface area (Å²) in [7, 11) is 4.15. The van der Waals surface area contributed by atoms with Crippen LogP contribution in [0.3, 0.4) is 0 Å². The first kappa shape index (κ1) is 16.0. The molecule has 0 unspecified atom stereocenters. The number of hydrogen-bond donors (Lipinski definition) is 0. The van der Waals surface area contributed by atoms with Crippen LogP contribution in [0, 0.1) is 11.3 Å². The average molecular weight is 316 g/mol. The van der Waals surface area contributed by atoms with Crippen molar-refractivity contribution in [1.29, 1.82) is 5.26 Å². The van der Waals surface area contributed by atoms with Gasteiger partial charge in [-0.15, -0.1) is 0 Å². The van der Waals surface area contributed by atoms with E-state index in [0.29, 0.717) is 5.56 Å². The highest BCUT2D eigenvalue weighted by atomic mass is 15.1. The molecular formula is C20H20N4. The van der Waals surface area contributed by atoms with Crippen LogP contribution in [0.5, 0.6) is 0 Å². The molecule has 3 aromatic rings. The van der Waals surface area contributed by atoms with Gasteiger partial charge in [0.2, 0.25) is 0 Å². The molecule has 0 saturated heterocycles. The van der Waals surface area contributed by atoms with Crippen LogP contribution >= 0.6 is 0 Å². The number of imidazole rings is 1. The van der Waals surface area contributed by atoms with E-state index in [1.165, 1.54) is 11.1 Å². The van der Waals surface area contributed by atoms with Gasteiger partial charge in [0, 0.05) is 31.0 Å². The van der Waals surface area contributed by atoms with E-state index in [1.807, 2.05) is 36.7 Å². The second-order valence-corrected chi connectivity index (χ2v) is 6.12. The van der Waals surface area contributed by atoms with Crippen LogP contribution in [0.2, 0.25) is 0 Å². The quantitative estimate of drug-likeness (QED) is 0.723. The van der Waals surface area contributed by atoms with Crippen molar-refractivity contribution in [2.24, 2.45) is 0 Å². The van der Waals surface area contributed by atoms with Gasteiger partial charge in [0.15, 0.2) is 0 Å². The third kappa shape index (κ3) is 3.70. The van der Waals surface area contributed by atoms with Crippen LogP contribution < -0.4 is 0 Å². The van der Waals surface area contributed by atoms with Gasteiger partial charge in [-0.05, 0) is 49.5 Å². The molecule has 1 heterocycles. The molecule has 0 radical (unpaired) electrons. The molecule has 0 spiro atoms. The van der Waals surface area contributed by atoms with Gasteiger partial charge >= 0.3 is 0 Å². The van der Waals surface area contributed by atoms with Gasteiger partial charge in [0.1, 0.15) is 5.82 Å². The highest BCUT2D eigenvalue weighted by molar-refractivity contribution is 5.57. The lowest BCUT2D eigenvalue weighted by Crippen LogP contribution is -2.10. The SMILES string of the molecule is CN(C)Cc1ccc(Cn2ccnc2-c2ccc(C#N)cc2)cc1. The molecule has 24 heavy (non-hydrogen) atoms. The molecule has 0 saturated carbocycles. The molecule has 120 valence electrons. The molecule has 0 fully saturated rings. The van der Waals surface area contributed by atoms with Crippen LogP contribution in [-0.2, 0) is 13.1 Å². The zero-order valence-electron chi connectivity index (χ0n) is 14.0. The summed E-state index contributed by atoms with van der Waals surface area (Å²) in [6.45, 7) is 1.72. The summed E-state index contributed by atoms with van der Waals surface area (Å²) in [5, 5.41) is 8.91. The highest BCUT2D eigenvalue weighted by Gasteiger charge is 2.07. The Balaban J connectivity index is 1.79. The van der Waals surface area contributed by atoms with Gasteiger partial charge < -0.3 is 9.47 Å². The average Bonchev–Trinajstić information content (AvgIpc) is 3.04. The van der Waals surface area contributed by atoms with Crippen molar-refractivity contribution in [1.82, 2.24) is 14.5 Å². The first-order chi connectivity index (χ1) is 11.7. The Hall–Kier alpha value is -2.90. The van der Waals surface area contributed by atoms with E-state index in [4.69, 9.17) is 5.26 Å². The van der Waals surface area contributed by atoms with Gasteiger partial charge in [-0.3, -0.25) is 0 Å². The van der Waals surface area contributed by atoms with Gasteiger partial charge in [0.25, 0.3) is 0 Å². The van der Waals surface area contributed by atoms with Crippen molar-refractivity contribution in [2.75, 3.05) is 14.1 Å². The summed E-state index contributed by atoms with van der Waals surface area (Å²) in [6.07, 6.45) is 3.80. The predicted octanol–water partition coefficient (Wildman–Crippen LogP) is 3.53. The second kappa shape index (κ2) is 7.12. The van der Waals surface area contributed by atoms with E-state index in [0.717, 1.165) is 24.5 Å². The fraction of sp³-hybridized carbons (Fsp3) is 0.200. The van der Waals surface area contributed by atoms with Crippen LogP contribution in [0.25, 0.3) is 11.4 Å². The van der Waals surface area contributed by atoms with E-state index in [2.05, 4.69) is 58.9 Å². The Kier molecular flexibility index (Phi) is 4.74. The van der Waals surface area contributed by atoms with Crippen molar-refractivity contribution in [3.63, 3.8) is 0 Å². The summed E-state index contributed by atoms with van der Waals surface area (Å²) in [6, 6.07) is 18.4. The molecule has 0 atom stereocenters. The van der Waals surface area contributed by atoms with Gasteiger partial charge in [-0.1, -0.05) is 24.3 Å². The molecule has 4 heteroatoms. The number of hydrogen-bond acceptors (Lipinski definition) is 3. The maximum atomic E-state index is 8.91. The summed E-state index contributed by atoms with van der Waals surface area (Å²) < 4.78 is 2.13. The van der Waals surface area contributed by atoms with Crippen molar-refractivity contribution in [2.45, 2.75) is 13.1 Å². The summed E-state index contributed by atoms with van der Waals surface area (Å²) in [5.74, 6) is 0.914. The lowest BCUT2D eigenvalue weighted by molar-refractivity contribution is 0.402. The topological polar surface area (TPSA) is 44.9 Å². The van der Waals surface area contributed by atoms with Gasteiger partial charge in [-0.25, -0.2) is 4.98 Å². The largest absolute Gasteiger partial charge is 0.327 e. The Bertz CT molecular complexity index is 837. The van der Waals surface area contributed by atoms with Crippen molar-refractivity contribution in [3.05, 3.63) is 77.6 Å². The Labute approximate surface area is 142 Å². The van der Waals surface area contributed by atoms with Gasteiger partial charge in [-0.2, -0.15) is 5.26 Å². The summed E-state index contributed by atoms with van der Waals surface area (Å²) >= 11 is 0. The molecule has 0 bridgehead atoms. The maximum Gasteiger partial charge on any atom is 0.140 e. The molecule has 4 nitrogen and oxygen atoms in total. The predicted molar refractivity (Wildman–Crippen MR) is 95.3 cm³/mol. The number of nitrogens with zero attached hydrogens (tertiary/aromatic N) is 4. The molecule has 0 aliphatic carbocycles. The molecule has 0 N–H and O–H groups in total. The Morgan fingerprint density at radius 1 is 1.00 bits per heavy atom. The minimum atomic E-state index is 0.660. The fourth-order valence-corrected chi connectivity index (χ4v) is 2.70. The van der Waals surface area contributed by atoms with Crippen LogP contribution in [-0.4, -0.2) is 28.5 Å². The van der Waals surface area contributed by atoms with Crippen molar-refractivity contribution >= 4 is 0 Å². The lowest BCUT2D eigenvalue weighted by Gasteiger charge is -2.11. The molecule has 3 rings (SSSR count). The monoisotopic (exact) mass is 316 g/mol. The van der Waals surface area contributed by atoms with Crippen LogP contribution in [0.4, 0.5) is 0 Å². The molecule has 0 aliphatic rings. The molecule has 0 aliphatic heterocycles. The number of nitriles is 1. The van der Waals surface area contributed by atoms with Crippen LogP contribution in [0.15, 0.2) is 60.9 Å². The second-order valence-electron chi connectivity index (χ2n) is 6.12. The zero-order valence-corrected chi connectivity index (χ0v) is 14.0. The normalized spacial score (nSPS) is 10.8.